The average Bonchev–Trinajstić information content (AvgIpc) is 2.98. The number of amides is 1. The minimum atomic E-state index is -1.34. The lowest BCUT2D eigenvalue weighted by molar-refractivity contribution is -0.136. The van der Waals surface area contributed by atoms with Crippen LogP contribution in [0, 0.1) is 0 Å². The molecule has 0 aliphatic carbocycles. The summed E-state index contributed by atoms with van der Waals surface area (Å²) in [4.78, 5) is 25.5. The van der Waals surface area contributed by atoms with Crippen LogP contribution in [0.15, 0.2) is 35.9 Å². The van der Waals surface area contributed by atoms with Crippen LogP contribution in [0.2, 0.25) is 5.02 Å². The number of aliphatic hydroxyl groups excluding tert-OH is 1. The Kier molecular flexibility index (Phi) is 3.17. The van der Waals surface area contributed by atoms with E-state index in [0.717, 1.165) is 0 Å². The highest BCUT2D eigenvalue weighted by molar-refractivity contribution is 6.30. The fourth-order valence-corrected chi connectivity index (χ4v) is 2.74. The van der Waals surface area contributed by atoms with E-state index in [1.165, 1.54) is 4.90 Å². The Bertz CT molecular complexity index is 652. The molecule has 6 heteroatoms. The molecule has 2 aliphatic heterocycles. The number of benzene rings is 1. The molecule has 1 N–H and O–H groups in total. The quantitative estimate of drug-likeness (QED) is 0.911. The van der Waals surface area contributed by atoms with Gasteiger partial charge in [-0.3, -0.25) is 14.5 Å². The summed E-state index contributed by atoms with van der Waals surface area (Å²) in [6, 6.07) is 6.63. The second-order valence-electron chi connectivity index (χ2n) is 5.27. The van der Waals surface area contributed by atoms with E-state index >= 15 is 0 Å². The van der Waals surface area contributed by atoms with Gasteiger partial charge < -0.3 is 9.84 Å². The predicted molar refractivity (Wildman–Crippen MR) is 75.5 cm³/mol. The van der Waals surface area contributed by atoms with E-state index in [0.29, 0.717) is 30.0 Å². The molecule has 1 saturated heterocycles. The van der Waals surface area contributed by atoms with E-state index in [1.807, 2.05) is 0 Å². The van der Waals surface area contributed by atoms with E-state index in [-0.39, 0.29) is 11.8 Å². The summed E-state index contributed by atoms with van der Waals surface area (Å²) in [6.45, 7) is 2.02. The molecule has 5 nitrogen and oxygen atoms in total. The number of carbonyl (C=O) groups excluding carboxylic acids is 2. The Balaban J connectivity index is 1.96. The molecule has 21 heavy (non-hydrogen) atoms. The minimum absolute atomic E-state index is 0.0417. The van der Waals surface area contributed by atoms with Crippen molar-refractivity contribution < 1.29 is 19.4 Å². The van der Waals surface area contributed by atoms with Crippen LogP contribution in [0.5, 0.6) is 0 Å². The maximum absolute atomic E-state index is 12.4. The highest BCUT2D eigenvalue weighted by Gasteiger charge is 2.50. The van der Waals surface area contributed by atoms with Gasteiger partial charge in [0.05, 0.1) is 0 Å². The molecular weight excluding hydrogens is 294 g/mol. The van der Waals surface area contributed by atoms with Crippen LogP contribution in [0.1, 0.15) is 25.3 Å². The molecule has 1 unspecified atom stereocenters. The van der Waals surface area contributed by atoms with Gasteiger partial charge in [-0.05, 0) is 25.5 Å². The first kappa shape index (κ1) is 13.9. The molecule has 0 spiro atoms. The van der Waals surface area contributed by atoms with Gasteiger partial charge in [0.1, 0.15) is 0 Å². The Morgan fingerprint density at radius 3 is 2.52 bits per heavy atom. The molecule has 1 fully saturated rings. The van der Waals surface area contributed by atoms with Crippen molar-refractivity contribution in [2.75, 3.05) is 6.54 Å². The van der Waals surface area contributed by atoms with Crippen LogP contribution < -0.4 is 0 Å². The lowest BCUT2D eigenvalue weighted by Gasteiger charge is -2.26. The van der Waals surface area contributed by atoms with Crippen molar-refractivity contribution in [1.29, 1.82) is 0 Å². The Morgan fingerprint density at radius 2 is 1.95 bits per heavy atom. The van der Waals surface area contributed by atoms with Crippen LogP contribution in [0.3, 0.4) is 0 Å². The molecule has 0 saturated carbocycles. The number of hydrogen-bond acceptors (Lipinski definition) is 4. The monoisotopic (exact) mass is 307 g/mol. The molecular formula is C15H14ClNO4. The van der Waals surface area contributed by atoms with Crippen molar-refractivity contribution in [1.82, 2.24) is 4.90 Å². The molecule has 1 amide bonds. The number of Topliss-reactive ketones (excluding diaryl/α,β-unsaturated/α-hetero) is 1. The Labute approximate surface area is 126 Å². The lowest BCUT2D eigenvalue weighted by Crippen LogP contribution is -2.32. The zero-order valence-electron chi connectivity index (χ0n) is 11.4. The van der Waals surface area contributed by atoms with Gasteiger partial charge in [0.2, 0.25) is 17.5 Å². The number of rotatable bonds is 2. The van der Waals surface area contributed by atoms with E-state index in [9.17, 15) is 14.7 Å². The van der Waals surface area contributed by atoms with E-state index in [2.05, 4.69) is 0 Å². The van der Waals surface area contributed by atoms with Crippen LogP contribution in [-0.4, -0.2) is 28.2 Å². The van der Waals surface area contributed by atoms with Crippen LogP contribution in [0.4, 0.5) is 0 Å². The van der Waals surface area contributed by atoms with Crippen LogP contribution in [0.25, 0.3) is 0 Å². The fourth-order valence-electron chi connectivity index (χ4n) is 2.61. The summed E-state index contributed by atoms with van der Waals surface area (Å²) >= 11 is 5.84. The van der Waals surface area contributed by atoms with E-state index < -0.39 is 17.1 Å². The maximum atomic E-state index is 12.4. The number of likely N-dealkylation sites (tertiary alicyclic amines) is 1. The Hall–Kier alpha value is -2.01. The summed E-state index contributed by atoms with van der Waals surface area (Å²) < 4.78 is 5.70. The third-order valence-electron chi connectivity index (χ3n) is 3.87. The second kappa shape index (κ2) is 4.77. The van der Waals surface area contributed by atoms with E-state index in [1.54, 1.807) is 31.2 Å². The normalized spacial score (nSPS) is 25.7. The molecule has 0 bridgehead atoms. The minimum Gasteiger partial charge on any atom is -0.501 e. The van der Waals surface area contributed by atoms with Gasteiger partial charge in [-0.2, -0.15) is 0 Å². The molecule has 1 aromatic rings. The lowest BCUT2D eigenvalue weighted by atomic mass is 9.92. The van der Waals surface area contributed by atoms with Gasteiger partial charge >= 0.3 is 0 Å². The van der Waals surface area contributed by atoms with Crippen molar-refractivity contribution in [3.8, 4) is 0 Å². The summed E-state index contributed by atoms with van der Waals surface area (Å²) in [5, 5.41) is 10.6. The molecule has 2 heterocycles. The number of aliphatic hydroxyl groups is 1. The first-order valence-corrected chi connectivity index (χ1v) is 7.05. The predicted octanol–water partition coefficient (Wildman–Crippen LogP) is 2.50. The van der Waals surface area contributed by atoms with E-state index in [4.69, 9.17) is 16.3 Å². The zero-order chi connectivity index (χ0) is 15.2. The number of carbonyl (C=O) groups is 2. The summed E-state index contributed by atoms with van der Waals surface area (Å²) in [7, 11) is 0. The molecule has 0 radical (unpaired) electrons. The maximum Gasteiger partial charge on any atom is 0.250 e. The van der Waals surface area contributed by atoms with Gasteiger partial charge in [-0.25, -0.2) is 0 Å². The molecule has 110 valence electrons. The molecule has 3 rings (SSSR count). The van der Waals surface area contributed by atoms with Gasteiger partial charge in [-0.15, -0.1) is 0 Å². The Morgan fingerprint density at radius 1 is 1.29 bits per heavy atom. The zero-order valence-corrected chi connectivity index (χ0v) is 12.2. The third kappa shape index (κ3) is 2.08. The fraction of sp³-hybridized carbons (Fsp3) is 0.333. The van der Waals surface area contributed by atoms with Crippen molar-refractivity contribution in [3.63, 3.8) is 0 Å². The number of ketones is 1. The van der Waals surface area contributed by atoms with Crippen LogP contribution in [-0.2, 0) is 19.9 Å². The van der Waals surface area contributed by atoms with Gasteiger partial charge in [-0.1, -0.05) is 23.7 Å². The smallest absolute Gasteiger partial charge is 0.250 e. The largest absolute Gasteiger partial charge is 0.501 e. The first-order valence-electron chi connectivity index (χ1n) is 6.67. The molecule has 1 aromatic carbocycles. The van der Waals surface area contributed by atoms with Crippen LogP contribution >= 0.6 is 11.6 Å². The molecule has 0 aromatic heterocycles. The second-order valence-corrected chi connectivity index (χ2v) is 5.71. The highest BCUT2D eigenvalue weighted by atomic mass is 35.5. The summed E-state index contributed by atoms with van der Waals surface area (Å²) in [5.41, 5.74) is -0.766. The average molecular weight is 308 g/mol. The van der Waals surface area contributed by atoms with Crippen molar-refractivity contribution in [2.45, 2.75) is 25.4 Å². The third-order valence-corrected chi connectivity index (χ3v) is 4.12. The van der Waals surface area contributed by atoms with Gasteiger partial charge in [0.15, 0.2) is 5.60 Å². The topological polar surface area (TPSA) is 66.8 Å². The number of ether oxygens (including phenoxy) is 1. The van der Waals surface area contributed by atoms with Gasteiger partial charge in [0.25, 0.3) is 5.78 Å². The molecule has 1 atom stereocenters. The first-order chi connectivity index (χ1) is 9.93. The number of halogens is 1. The molecule has 2 aliphatic rings. The summed E-state index contributed by atoms with van der Waals surface area (Å²) in [5.74, 6) is -1.24. The standard InChI is InChI=1S/C15H14ClNO4/c1-15(9-4-6-10(16)7-5-9)13(20)12(19)14(21-15)17-8-2-3-11(17)18/h4-7,19H,2-3,8H2,1H3. The number of nitrogens with zero attached hydrogens (tertiary/aromatic N) is 1. The van der Waals surface area contributed by atoms with Crippen molar-refractivity contribution >= 4 is 23.3 Å². The SMILES string of the molecule is CC1(c2ccc(Cl)cc2)OC(N2CCCC2=O)=C(O)C1=O. The van der Waals surface area contributed by atoms with Gasteiger partial charge in [0, 0.05) is 23.6 Å². The summed E-state index contributed by atoms with van der Waals surface area (Å²) in [6.07, 6.45) is 1.08. The highest BCUT2D eigenvalue weighted by Crippen LogP contribution is 2.40. The van der Waals surface area contributed by atoms with Crippen molar-refractivity contribution in [2.24, 2.45) is 0 Å². The van der Waals surface area contributed by atoms with Crippen molar-refractivity contribution in [3.05, 3.63) is 46.5 Å². The number of hydrogen-bond donors (Lipinski definition) is 1.